The Kier molecular flexibility index (Phi) is 5.51. The summed E-state index contributed by atoms with van der Waals surface area (Å²) in [6, 6.07) is 6.01. The number of benzene rings is 1. The molecular weight excluding hydrogens is 403 g/mol. The van der Waals surface area contributed by atoms with Crippen LogP contribution in [0.4, 0.5) is 4.39 Å². The second kappa shape index (κ2) is 8.27. The maximum absolute atomic E-state index is 13.9. The topological polar surface area (TPSA) is 117 Å². The zero-order valence-corrected chi connectivity index (χ0v) is 16.7. The van der Waals surface area contributed by atoms with Gasteiger partial charge in [0, 0.05) is 29.2 Å². The van der Waals surface area contributed by atoms with E-state index in [4.69, 9.17) is 0 Å². The second-order valence-electron chi connectivity index (χ2n) is 7.55. The molecule has 31 heavy (non-hydrogen) atoms. The molecule has 0 saturated carbocycles. The zero-order valence-electron chi connectivity index (χ0n) is 16.7. The summed E-state index contributed by atoms with van der Waals surface area (Å²) in [6.45, 7) is 1.77. The Bertz CT molecular complexity index is 1130. The molecule has 160 valence electrons. The van der Waals surface area contributed by atoms with Gasteiger partial charge in [0.1, 0.15) is 11.9 Å². The van der Waals surface area contributed by atoms with E-state index >= 15 is 0 Å². The molecule has 2 unspecified atom stereocenters. The van der Waals surface area contributed by atoms with Crippen LogP contribution in [0.25, 0.3) is 5.69 Å². The van der Waals surface area contributed by atoms with Gasteiger partial charge in [-0.3, -0.25) is 9.78 Å². The van der Waals surface area contributed by atoms with Crippen molar-refractivity contribution in [2.45, 2.75) is 38.3 Å². The maximum Gasteiger partial charge on any atom is 0.329 e. The van der Waals surface area contributed by atoms with Gasteiger partial charge in [-0.05, 0) is 56.0 Å². The third-order valence-electron chi connectivity index (χ3n) is 5.31. The highest BCUT2D eigenvalue weighted by atomic mass is 19.1. The Morgan fingerprint density at radius 2 is 2.06 bits per heavy atom. The minimum absolute atomic E-state index is 0.0825. The lowest BCUT2D eigenvalue weighted by Crippen LogP contribution is -2.45. The van der Waals surface area contributed by atoms with Crippen LogP contribution in [0.1, 0.15) is 45.4 Å². The third kappa shape index (κ3) is 4.04. The van der Waals surface area contributed by atoms with Crippen LogP contribution in [0.15, 0.2) is 42.7 Å². The Labute approximate surface area is 177 Å². The van der Waals surface area contributed by atoms with Gasteiger partial charge < -0.3 is 15.5 Å². The fourth-order valence-corrected chi connectivity index (χ4v) is 3.90. The lowest BCUT2D eigenvalue weighted by Gasteiger charge is -2.20. The first-order valence-electron chi connectivity index (χ1n) is 9.85. The van der Waals surface area contributed by atoms with E-state index in [0.717, 1.165) is 12.1 Å². The number of pyridine rings is 1. The molecule has 1 aromatic carbocycles. The molecule has 3 aromatic rings. The summed E-state index contributed by atoms with van der Waals surface area (Å²) in [7, 11) is 0. The molecule has 1 amide bonds. The second-order valence-corrected chi connectivity index (χ2v) is 7.55. The largest absolute Gasteiger partial charge is 0.480 e. The van der Waals surface area contributed by atoms with Gasteiger partial charge in [-0.25, -0.2) is 13.9 Å². The van der Waals surface area contributed by atoms with Crippen molar-refractivity contribution in [1.82, 2.24) is 20.1 Å². The van der Waals surface area contributed by atoms with E-state index in [1.54, 1.807) is 23.7 Å². The number of aromatic nitrogens is 3. The minimum atomic E-state index is -1.59. The van der Waals surface area contributed by atoms with Crippen molar-refractivity contribution in [2.75, 3.05) is 0 Å². The van der Waals surface area contributed by atoms with Crippen LogP contribution >= 0.6 is 0 Å². The normalized spacial score (nSPS) is 14.7. The molecule has 2 atom stereocenters. The number of rotatable bonds is 6. The van der Waals surface area contributed by atoms with E-state index in [1.807, 2.05) is 0 Å². The van der Waals surface area contributed by atoms with Gasteiger partial charge in [-0.1, -0.05) is 6.07 Å². The van der Waals surface area contributed by atoms with Crippen LogP contribution in [-0.4, -0.2) is 42.9 Å². The van der Waals surface area contributed by atoms with Gasteiger partial charge in [-0.15, -0.1) is 0 Å². The first kappa shape index (κ1) is 20.7. The smallest absolute Gasteiger partial charge is 0.329 e. The van der Waals surface area contributed by atoms with Gasteiger partial charge in [0.2, 0.25) is 0 Å². The highest BCUT2D eigenvalue weighted by Crippen LogP contribution is 2.29. The van der Waals surface area contributed by atoms with E-state index in [2.05, 4.69) is 15.4 Å². The Morgan fingerprint density at radius 1 is 1.26 bits per heavy atom. The Morgan fingerprint density at radius 3 is 2.74 bits per heavy atom. The number of halogens is 1. The van der Waals surface area contributed by atoms with Crippen molar-refractivity contribution in [3.05, 3.63) is 76.6 Å². The fraction of sp³-hybridized carbons (Fsp3) is 0.273. The number of aryl methyl sites for hydroxylation is 1. The van der Waals surface area contributed by atoms with Gasteiger partial charge in [-0.2, -0.15) is 5.10 Å². The Balaban J connectivity index is 1.66. The molecular formula is C22H21FN4O4. The number of aliphatic hydroxyl groups is 1. The molecule has 8 nitrogen and oxygen atoms in total. The van der Waals surface area contributed by atoms with E-state index in [-0.39, 0.29) is 11.3 Å². The number of hydrogen-bond acceptors (Lipinski definition) is 5. The van der Waals surface area contributed by atoms with Crippen LogP contribution in [0, 0.1) is 12.7 Å². The molecule has 0 spiro atoms. The SMILES string of the molecule is Cc1cc(F)cc(-n2nc(C(=O)NC(C(=O)O)C(O)c3cccnc3)c3c2CCC3)c1. The van der Waals surface area contributed by atoms with E-state index in [9.17, 15) is 24.2 Å². The van der Waals surface area contributed by atoms with Crippen LogP contribution < -0.4 is 5.32 Å². The number of carbonyl (C=O) groups is 2. The van der Waals surface area contributed by atoms with E-state index in [0.29, 0.717) is 29.7 Å². The molecule has 0 fully saturated rings. The van der Waals surface area contributed by atoms with Crippen LogP contribution in [-0.2, 0) is 17.6 Å². The highest BCUT2D eigenvalue weighted by Gasteiger charge is 2.33. The lowest BCUT2D eigenvalue weighted by atomic mass is 10.0. The van der Waals surface area contributed by atoms with Crippen molar-refractivity contribution in [2.24, 2.45) is 0 Å². The average molecular weight is 424 g/mol. The summed E-state index contributed by atoms with van der Waals surface area (Å²) in [6.07, 6.45) is 3.43. The number of aliphatic hydroxyl groups excluding tert-OH is 1. The number of hydrogen-bond donors (Lipinski definition) is 3. The molecule has 1 aliphatic carbocycles. The summed E-state index contributed by atoms with van der Waals surface area (Å²) < 4.78 is 15.5. The van der Waals surface area contributed by atoms with Gasteiger partial charge in [0.25, 0.3) is 5.91 Å². The number of aliphatic carboxylic acids is 1. The maximum atomic E-state index is 13.9. The molecule has 2 aromatic heterocycles. The number of carbonyl (C=O) groups excluding carboxylic acids is 1. The molecule has 9 heteroatoms. The van der Waals surface area contributed by atoms with Crippen LogP contribution in [0.3, 0.4) is 0 Å². The molecule has 1 aliphatic rings. The minimum Gasteiger partial charge on any atom is -0.480 e. The van der Waals surface area contributed by atoms with Gasteiger partial charge in [0.15, 0.2) is 11.7 Å². The van der Waals surface area contributed by atoms with Crippen molar-refractivity contribution in [1.29, 1.82) is 0 Å². The summed E-state index contributed by atoms with van der Waals surface area (Å²) in [5.41, 5.74) is 3.07. The third-order valence-corrected chi connectivity index (χ3v) is 5.31. The van der Waals surface area contributed by atoms with Crippen molar-refractivity contribution in [3.63, 3.8) is 0 Å². The molecule has 3 N–H and O–H groups in total. The molecule has 2 heterocycles. The molecule has 0 aliphatic heterocycles. The average Bonchev–Trinajstić information content (AvgIpc) is 3.34. The molecule has 0 bridgehead atoms. The number of nitrogens with zero attached hydrogens (tertiary/aromatic N) is 3. The molecule has 0 radical (unpaired) electrons. The fourth-order valence-electron chi connectivity index (χ4n) is 3.90. The number of amides is 1. The Hall–Kier alpha value is -3.59. The first-order chi connectivity index (χ1) is 14.8. The van der Waals surface area contributed by atoms with Crippen LogP contribution in [0.2, 0.25) is 0 Å². The van der Waals surface area contributed by atoms with E-state index < -0.39 is 29.8 Å². The quantitative estimate of drug-likeness (QED) is 0.558. The summed E-state index contributed by atoms with van der Waals surface area (Å²) >= 11 is 0. The number of fused-ring (bicyclic) bond motifs is 1. The summed E-state index contributed by atoms with van der Waals surface area (Å²) in [4.78, 5) is 28.6. The van der Waals surface area contributed by atoms with E-state index in [1.165, 1.54) is 30.6 Å². The first-order valence-corrected chi connectivity index (χ1v) is 9.85. The lowest BCUT2D eigenvalue weighted by molar-refractivity contribution is -0.142. The monoisotopic (exact) mass is 424 g/mol. The molecule has 4 rings (SSSR count). The predicted molar refractivity (Wildman–Crippen MR) is 108 cm³/mol. The standard InChI is InChI=1S/C22H21FN4O4/c1-12-8-14(23)10-15(9-12)27-17-6-2-5-16(17)18(26-27)21(29)25-19(22(30)31)20(28)13-4-3-7-24-11-13/h3-4,7-11,19-20,28H,2,5-6H2,1H3,(H,25,29)(H,30,31). The van der Waals surface area contributed by atoms with Gasteiger partial charge >= 0.3 is 5.97 Å². The number of carboxylic acid groups (broad SMARTS) is 1. The highest BCUT2D eigenvalue weighted by molar-refractivity contribution is 5.96. The van der Waals surface area contributed by atoms with Crippen molar-refractivity contribution < 1.29 is 24.2 Å². The zero-order chi connectivity index (χ0) is 22.1. The molecule has 0 saturated heterocycles. The van der Waals surface area contributed by atoms with Crippen LogP contribution in [0.5, 0.6) is 0 Å². The summed E-state index contributed by atoms with van der Waals surface area (Å²) in [5, 5.41) is 26.8. The van der Waals surface area contributed by atoms with Gasteiger partial charge in [0.05, 0.1) is 5.69 Å². The number of nitrogens with one attached hydrogen (secondary N) is 1. The predicted octanol–water partition coefficient (Wildman–Crippen LogP) is 2.12. The number of carboxylic acids is 1. The van der Waals surface area contributed by atoms with Crippen molar-refractivity contribution >= 4 is 11.9 Å². The summed E-state index contributed by atoms with van der Waals surface area (Å²) in [5.74, 6) is -2.50. The van der Waals surface area contributed by atoms with Crippen molar-refractivity contribution in [3.8, 4) is 5.69 Å².